The van der Waals surface area contributed by atoms with Crippen LogP contribution in [0.5, 0.6) is 0 Å². The molecule has 1 fully saturated rings. The van der Waals surface area contributed by atoms with E-state index in [2.05, 4.69) is 24.1 Å². The van der Waals surface area contributed by atoms with Crippen LogP contribution >= 0.6 is 23.2 Å². The van der Waals surface area contributed by atoms with E-state index >= 15 is 0 Å². The topological polar surface area (TPSA) is 52.7 Å². The maximum absolute atomic E-state index is 12.6. The molecule has 3 rings (SSSR count). The third-order valence-corrected chi connectivity index (χ3v) is 6.14. The van der Waals surface area contributed by atoms with Crippen molar-refractivity contribution in [2.75, 3.05) is 36.4 Å². The summed E-state index contributed by atoms with van der Waals surface area (Å²) in [7, 11) is 0. The van der Waals surface area contributed by atoms with Crippen LogP contribution in [-0.2, 0) is 4.79 Å². The number of nitrogens with one attached hydrogen (secondary N) is 1. The van der Waals surface area contributed by atoms with Gasteiger partial charge in [0, 0.05) is 48.5 Å². The highest BCUT2D eigenvalue weighted by atomic mass is 35.5. The molecule has 0 spiro atoms. The van der Waals surface area contributed by atoms with Gasteiger partial charge in [0.25, 0.3) is 5.91 Å². The molecule has 30 heavy (non-hydrogen) atoms. The standard InChI is InChI=1S/C23H27Cl2N3O2/c1-3-16(4-2)23(30)28-13-11-27(12-14-28)19-8-6-18(7-9-19)26-22(29)20-10-5-17(24)15-21(20)25/h5-10,15-16H,3-4,11-14H2,1-2H3,(H,26,29). The smallest absolute Gasteiger partial charge is 0.257 e. The quantitative estimate of drug-likeness (QED) is 0.650. The zero-order valence-electron chi connectivity index (χ0n) is 17.3. The Bertz CT molecular complexity index is 890. The van der Waals surface area contributed by atoms with Crippen LogP contribution in [0.4, 0.5) is 11.4 Å². The van der Waals surface area contributed by atoms with Gasteiger partial charge in [-0.3, -0.25) is 9.59 Å². The van der Waals surface area contributed by atoms with Crippen molar-refractivity contribution in [2.24, 2.45) is 5.92 Å². The molecule has 2 aromatic carbocycles. The molecule has 2 aromatic rings. The van der Waals surface area contributed by atoms with E-state index < -0.39 is 0 Å². The number of halogens is 2. The first-order chi connectivity index (χ1) is 14.4. The molecule has 0 atom stereocenters. The van der Waals surface area contributed by atoms with E-state index in [9.17, 15) is 9.59 Å². The Balaban J connectivity index is 1.57. The fraction of sp³-hybridized carbons (Fsp3) is 0.391. The second-order valence-corrected chi connectivity index (χ2v) is 8.29. The summed E-state index contributed by atoms with van der Waals surface area (Å²) in [6.07, 6.45) is 1.79. The lowest BCUT2D eigenvalue weighted by Crippen LogP contribution is -2.50. The molecule has 0 aromatic heterocycles. The normalized spacial score (nSPS) is 14.2. The fourth-order valence-corrected chi connectivity index (χ4v) is 4.20. The molecule has 0 bridgehead atoms. The van der Waals surface area contributed by atoms with Crippen molar-refractivity contribution in [2.45, 2.75) is 26.7 Å². The lowest BCUT2D eigenvalue weighted by Gasteiger charge is -2.37. The molecule has 0 aliphatic carbocycles. The van der Waals surface area contributed by atoms with Gasteiger partial charge in [0.05, 0.1) is 10.6 Å². The molecule has 5 nitrogen and oxygen atoms in total. The first kappa shape index (κ1) is 22.4. The van der Waals surface area contributed by atoms with Gasteiger partial charge in [0.1, 0.15) is 0 Å². The Morgan fingerprint density at radius 3 is 2.17 bits per heavy atom. The lowest BCUT2D eigenvalue weighted by atomic mass is 10.0. The Morgan fingerprint density at radius 1 is 0.967 bits per heavy atom. The molecule has 0 saturated carbocycles. The number of carbonyl (C=O) groups is 2. The van der Waals surface area contributed by atoms with Crippen LogP contribution in [0.1, 0.15) is 37.0 Å². The number of hydrogen-bond acceptors (Lipinski definition) is 3. The van der Waals surface area contributed by atoms with Crippen molar-refractivity contribution in [3.8, 4) is 0 Å². The van der Waals surface area contributed by atoms with Gasteiger partial charge < -0.3 is 15.1 Å². The van der Waals surface area contributed by atoms with Crippen LogP contribution in [0, 0.1) is 5.92 Å². The Hall–Kier alpha value is -2.24. The Morgan fingerprint density at radius 2 is 1.60 bits per heavy atom. The zero-order valence-corrected chi connectivity index (χ0v) is 18.8. The van der Waals surface area contributed by atoms with Gasteiger partial charge >= 0.3 is 0 Å². The molecule has 1 saturated heterocycles. The summed E-state index contributed by atoms with van der Waals surface area (Å²) in [4.78, 5) is 29.3. The third-order valence-electron chi connectivity index (χ3n) is 5.59. The van der Waals surface area contributed by atoms with Crippen LogP contribution in [0.2, 0.25) is 10.0 Å². The molecule has 0 radical (unpaired) electrons. The van der Waals surface area contributed by atoms with E-state index in [1.807, 2.05) is 29.2 Å². The van der Waals surface area contributed by atoms with Crippen LogP contribution in [0.15, 0.2) is 42.5 Å². The lowest BCUT2D eigenvalue weighted by molar-refractivity contribution is -0.136. The van der Waals surface area contributed by atoms with Crippen molar-refractivity contribution in [3.05, 3.63) is 58.1 Å². The van der Waals surface area contributed by atoms with Crippen LogP contribution in [0.3, 0.4) is 0 Å². The average Bonchev–Trinajstić information content (AvgIpc) is 2.75. The minimum atomic E-state index is -0.280. The van der Waals surface area contributed by atoms with Crippen LogP contribution in [0.25, 0.3) is 0 Å². The van der Waals surface area contributed by atoms with Crippen LogP contribution < -0.4 is 10.2 Å². The first-order valence-corrected chi connectivity index (χ1v) is 11.1. The summed E-state index contributed by atoms with van der Waals surface area (Å²) in [5, 5.41) is 3.66. The van der Waals surface area contributed by atoms with Crippen molar-refractivity contribution in [3.63, 3.8) is 0 Å². The highest BCUT2D eigenvalue weighted by molar-refractivity contribution is 6.37. The minimum Gasteiger partial charge on any atom is -0.368 e. The van der Waals surface area contributed by atoms with Crippen molar-refractivity contribution in [1.82, 2.24) is 4.90 Å². The summed E-state index contributed by atoms with van der Waals surface area (Å²) in [5.41, 5.74) is 2.15. The summed E-state index contributed by atoms with van der Waals surface area (Å²) >= 11 is 12.0. The average molecular weight is 448 g/mol. The summed E-state index contributed by atoms with van der Waals surface area (Å²) < 4.78 is 0. The third kappa shape index (κ3) is 5.27. The second kappa shape index (κ2) is 10.2. The van der Waals surface area contributed by atoms with E-state index in [-0.39, 0.29) is 17.7 Å². The van der Waals surface area contributed by atoms with Gasteiger partial charge in [-0.05, 0) is 55.3 Å². The van der Waals surface area contributed by atoms with Gasteiger partial charge in [-0.1, -0.05) is 37.0 Å². The van der Waals surface area contributed by atoms with Gasteiger partial charge in [-0.2, -0.15) is 0 Å². The van der Waals surface area contributed by atoms with Crippen molar-refractivity contribution < 1.29 is 9.59 Å². The number of benzene rings is 2. The molecule has 0 unspecified atom stereocenters. The van der Waals surface area contributed by atoms with Gasteiger partial charge in [0.15, 0.2) is 0 Å². The molecule has 1 aliphatic rings. The van der Waals surface area contributed by atoms with E-state index in [1.165, 1.54) is 0 Å². The number of carbonyl (C=O) groups excluding carboxylic acids is 2. The number of piperazine rings is 1. The molecule has 160 valence electrons. The van der Waals surface area contributed by atoms with E-state index in [4.69, 9.17) is 23.2 Å². The number of rotatable bonds is 6. The number of amides is 2. The molecule has 7 heteroatoms. The van der Waals surface area contributed by atoms with E-state index in [0.29, 0.717) is 21.3 Å². The highest BCUT2D eigenvalue weighted by Crippen LogP contribution is 2.24. The number of nitrogens with zero attached hydrogens (tertiary/aromatic N) is 2. The monoisotopic (exact) mass is 447 g/mol. The molecule has 1 N–H and O–H groups in total. The SMILES string of the molecule is CCC(CC)C(=O)N1CCN(c2ccc(NC(=O)c3ccc(Cl)cc3Cl)cc2)CC1. The first-order valence-electron chi connectivity index (χ1n) is 10.3. The largest absolute Gasteiger partial charge is 0.368 e. The van der Waals surface area contributed by atoms with Crippen LogP contribution in [-0.4, -0.2) is 42.9 Å². The summed E-state index contributed by atoms with van der Waals surface area (Å²) in [6, 6.07) is 12.5. The van der Waals surface area contributed by atoms with Gasteiger partial charge in [0.2, 0.25) is 5.91 Å². The molecule has 1 heterocycles. The Kier molecular flexibility index (Phi) is 7.62. The summed E-state index contributed by atoms with van der Waals surface area (Å²) in [6.45, 7) is 7.23. The fourth-order valence-electron chi connectivity index (χ4n) is 3.71. The molecule has 2 amide bonds. The zero-order chi connectivity index (χ0) is 21.7. The minimum absolute atomic E-state index is 0.133. The maximum Gasteiger partial charge on any atom is 0.257 e. The van der Waals surface area contributed by atoms with E-state index in [1.54, 1.807) is 18.2 Å². The predicted molar refractivity (Wildman–Crippen MR) is 124 cm³/mol. The van der Waals surface area contributed by atoms with Gasteiger partial charge in [-0.25, -0.2) is 0 Å². The second-order valence-electron chi connectivity index (χ2n) is 7.45. The van der Waals surface area contributed by atoms with Gasteiger partial charge in [-0.15, -0.1) is 0 Å². The Labute approximate surface area is 187 Å². The summed E-state index contributed by atoms with van der Waals surface area (Å²) in [5.74, 6) is 0.130. The number of hydrogen-bond donors (Lipinski definition) is 1. The van der Waals surface area contributed by atoms with Crippen molar-refractivity contribution in [1.29, 1.82) is 0 Å². The number of anilines is 2. The van der Waals surface area contributed by atoms with E-state index in [0.717, 1.165) is 44.7 Å². The maximum atomic E-state index is 12.6. The van der Waals surface area contributed by atoms with Crippen molar-refractivity contribution >= 4 is 46.4 Å². The molecular weight excluding hydrogens is 421 g/mol. The highest BCUT2D eigenvalue weighted by Gasteiger charge is 2.25. The molecule has 1 aliphatic heterocycles. The molecular formula is C23H27Cl2N3O2. The predicted octanol–water partition coefficient (Wildman–Crippen LogP) is 5.33.